The number of carbonyl (C=O) groups is 1. The second-order valence-electron chi connectivity index (χ2n) is 7.66. The molecule has 0 amide bonds. The van der Waals surface area contributed by atoms with Crippen LogP contribution in [-0.2, 0) is 6.42 Å². The molecule has 0 bridgehead atoms. The molecular formula is C25H29I2NO4. The van der Waals surface area contributed by atoms with Crippen LogP contribution in [0.3, 0.4) is 0 Å². The quantitative estimate of drug-likeness (QED) is 0.185. The number of ether oxygens (including phenoxy) is 1. The molecule has 0 radical (unpaired) electrons. The van der Waals surface area contributed by atoms with E-state index in [0.29, 0.717) is 40.9 Å². The van der Waals surface area contributed by atoms with Crippen LogP contribution in [0.2, 0.25) is 0 Å². The van der Waals surface area contributed by atoms with Gasteiger partial charge in [0.1, 0.15) is 29.4 Å². The second-order valence-corrected chi connectivity index (χ2v) is 9.98. The van der Waals surface area contributed by atoms with Crippen molar-refractivity contribution in [1.82, 2.24) is 4.90 Å². The Labute approximate surface area is 216 Å². The van der Waals surface area contributed by atoms with Crippen LogP contribution in [0.4, 0.5) is 0 Å². The molecule has 32 heavy (non-hydrogen) atoms. The van der Waals surface area contributed by atoms with E-state index in [0.717, 1.165) is 45.4 Å². The first-order valence-electron chi connectivity index (χ1n) is 11.0. The third kappa shape index (κ3) is 5.77. The summed E-state index contributed by atoms with van der Waals surface area (Å²) < 4.78 is 13.9. The third-order valence-electron chi connectivity index (χ3n) is 5.54. The summed E-state index contributed by atoms with van der Waals surface area (Å²) in [5, 5.41) is 10.7. The Morgan fingerprint density at radius 1 is 1.09 bits per heavy atom. The van der Waals surface area contributed by atoms with Crippen molar-refractivity contribution in [2.24, 2.45) is 0 Å². The second kappa shape index (κ2) is 11.7. The molecule has 0 fully saturated rings. The molecule has 0 aliphatic heterocycles. The van der Waals surface area contributed by atoms with Crippen molar-refractivity contribution in [3.8, 4) is 11.5 Å². The summed E-state index contributed by atoms with van der Waals surface area (Å²) in [6, 6.07) is 8.67. The third-order valence-corrected chi connectivity index (χ3v) is 7.14. The fourth-order valence-electron chi connectivity index (χ4n) is 3.69. The molecule has 0 aliphatic carbocycles. The topological polar surface area (TPSA) is 62.9 Å². The zero-order valence-electron chi connectivity index (χ0n) is 18.7. The number of ketones is 1. The van der Waals surface area contributed by atoms with Gasteiger partial charge in [-0.1, -0.05) is 27.2 Å². The molecule has 0 saturated carbocycles. The van der Waals surface area contributed by atoms with Gasteiger partial charge in [0.15, 0.2) is 5.78 Å². The molecular weight excluding hydrogens is 632 g/mol. The molecule has 0 atom stereocenters. The number of rotatable bonds is 11. The summed E-state index contributed by atoms with van der Waals surface area (Å²) in [4.78, 5) is 15.9. The molecule has 3 rings (SSSR count). The van der Waals surface area contributed by atoms with Gasteiger partial charge in [0.2, 0.25) is 0 Å². The lowest BCUT2D eigenvalue weighted by Gasteiger charge is -2.19. The number of nitrogens with zero attached hydrogens (tertiary/aromatic N) is 1. The highest BCUT2D eigenvalue weighted by Gasteiger charge is 2.24. The van der Waals surface area contributed by atoms with E-state index in [-0.39, 0.29) is 11.5 Å². The molecule has 0 unspecified atom stereocenters. The predicted octanol–water partition coefficient (Wildman–Crippen LogP) is 6.64. The van der Waals surface area contributed by atoms with Crippen LogP contribution in [0.25, 0.3) is 11.0 Å². The minimum absolute atomic E-state index is 0.0917. The molecule has 5 nitrogen and oxygen atoms in total. The Hall–Kier alpha value is -1.33. The summed E-state index contributed by atoms with van der Waals surface area (Å²) in [6.07, 6.45) is 2.62. The van der Waals surface area contributed by atoms with Crippen LogP contribution < -0.4 is 4.74 Å². The molecule has 0 aliphatic rings. The fraction of sp³-hybridized carbons (Fsp3) is 0.400. The lowest BCUT2D eigenvalue weighted by atomic mass is 9.98. The highest BCUT2D eigenvalue weighted by atomic mass is 127. The molecule has 1 N–H and O–H groups in total. The predicted molar refractivity (Wildman–Crippen MR) is 145 cm³/mol. The molecule has 3 aromatic rings. The first-order valence-corrected chi connectivity index (χ1v) is 13.2. The van der Waals surface area contributed by atoms with Gasteiger partial charge in [-0.3, -0.25) is 4.79 Å². The van der Waals surface area contributed by atoms with E-state index in [1.54, 1.807) is 18.2 Å². The van der Waals surface area contributed by atoms with Crippen LogP contribution in [-0.4, -0.2) is 42.0 Å². The number of aryl methyl sites for hydroxylation is 1. The van der Waals surface area contributed by atoms with Gasteiger partial charge in [-0.05, 0) is 95.0 Å². The number of aromatic hydroxyl groups is 1. The highest BCUT2D eigenvalue weighted by molar-refractivity contribution is 14.1. The Balaban J connectivity index is 1.92. The van der Waals surface area contributed by atoms with Gasteiger partial charge in [0.05, 0.1) is 12.7 Å². The van der Waals surface area contributed by atoms with Gasteiger partial charge in [-0.2, -0.15) is 0 Å². The molecule has 1 heterocycles. The van der Waals surface area contributed by atoms with Crippen molar-refractivity contribution in [2.45, 2.75) is 40.0 Å². The number of hydrogen-bond acceptors (Lipinski definition) is 5. The zero-order chi connectivity index (χ0) is 23.3. The number of benzene rings is 2. The molecule has 2 aromatic carbocycles. The minimum Gasteiger partial charge on any atom is -0.508 e. The van der Waals surface area contributed by atoms with Gasteiger partial charge in [-0.15, -0.1) is 0 Å². The molecule has 172 valence electrons. The van der Waals surface area contributed by atoms with Crippen LogP contribution in [0.1, 0.15) is 55.3 Å². The Morgan fingerprint density at radius 3 is 2.41 bits per heavy atom. The Bertz CT molecular complexity index is 1070. The van der Waals surface area contributed by atoms with Gasteiger partial charge in [0, 0.05) is 23.9 Å². The fourth-order valence-corrected chi connectivity index (χ4v) is 5.77. The maximum absolute atomic E-state index is 13.6. The molecule has 1 aromatic heterocycles. The first kappa shape index (κ1) is 25.3. The highest BCUT2D eigenvalue weighted by Crippen LogP contribution is 2.34. The lowest BCUT2D eigenvalue weighted by molar-refractivity contribution is 0.103. The Morgan fingerprint density at radius 2 is 1.78 bits per heavy atom. The average molecular weight is 661 g/mol. The average Bonchev–Trinajstić information content (AvgIpc) is 3.13. The van der Waals surface area contributed by atoms with E-state index in [2.05, 4.69) is 70.9 Å². The smallest absolute Gasteiger partial charge is 0.197 e. The summed E-state index contributed by atoms with van der Waals surface area (Å²) in [6.45, 7) is 9.86. The van der Waals surface area contributed by atoms with Gasteiger partial charge in [-0.25, -0.2) is 0 Å². The standard InChI is InChI=1S/C25H29I2NO4/c1-4-7-8-22-23(18-15-17(29)9-10-21(18)32-22)24(30)16-13-19(26)25(20(27)14-16)31-12-11-28(5-2)6-3/h9-10,13-15,29H,4-8,11-12H2,1-3H3. The lowest BCUT2D eigenvalue weighted by Crippen LogP contribution is -2.28. The Kier molecular flexibility index (Phi) is 9.24. The largest absolute Gasteiger partial charge is 0.508 e. The number of furan rings is 1. The number of fused-ring (bicyclic) bond motifs is 1. The first-order chi connectivity index (χ1) is 15.4. The van der Waals surface area contributed by atoms with Crippen molar-refractivity contribution in [2.75, 3.05) is 26.2 Å². The van der Waals surface area contributed by atoms with Gasteiger partial charge >= 0.3 is 0 Å². The van der Waals surface area contributed by atoms with Gasteiger partial charge < -0.3 is 19.2 Å². The van der Waals surface area contributed by atoms with E-state index in [1.807, 2.05) is 12.1 Å². The van der Waals surface area contributed by atoms with Crippen LogP contribution in [0, 0.1) is 7.14 Å². The normalized spacial score (nSPS) is 11.4. The van der Waals surface area contributed by atoms with E-state index in [4.69, 9.17) is 9.15 Å². The monoisotopic (exact) mass is 661 g/mol. The van der Waals surface area contributed by atoms with E-state index in [1.165, 1.54) is 0 Å². The maximum atomic E-state index is 13.6. The number of hydrogen-bond donors (Lipinski definition) is 1. The maximum Gasteiger partial charge on any atom is 0.197 e. The zero-order valence-corrected chi connectivity index (χ0v) is 23.0. The molecule has 0 saturated heterocycles. The molecule has 0 spiro atoms. The number of unbranched alkanes of at least 4 members (excludes halogenated alkanes) is 1. The summed E-state index contributed by atoms with van der Waals surface area (Å²) in [7, 11) is 0. The number of phenols is 1. The number of phenolic OH excluding ortho intramolecular Hbond substituents is 1. The number of carbonyl (C=O) groups excluding carboxylic acids is 1. The van der Waals surface area contributed by atoms with E-state index < -0.39 is 0 Å². The van der Waals surface area contributed by atoms with Crippen molar-refractivity contribution in [1.29, 1.82) is 0 Å². The van der Waals surface area contributed by atoms with Crippen molar-refractivity contribution < 1.29 is 19.1 Å². The summed E-state index contributed by atoms with van der Waals surface area (Å²) in [5.74, 6) is 1.53. The number of likely N-dealkylation sites (N-methyl/N-ethyl adjacent to an activating group) is 1. The van der Waals surface area contributed by atoms with Crippen LogP contribution in [0.5, 0.6) is 11.5 Å². The molecule has 7 heteroatoms. The van der Waals surface area contributed by atoms with Crippen molar-refractivity contribution >= 4 is 61.9 Å². The summed E-state index contributed by atoms with van der Waals surface area (Å²) >= 11 is 4.47. The van der Waals surface area contributed by atoms with Crippen molar-refractivity contribution in [3.63, 3.8) is 0 Å². The van der Waals surface area contributed by atoms with E-state index in [9.17, 15) is 9.90 Å². The van der Waals surface area contributed by atoms with Crippen LogP contribution in [0.15, 0.2) is 34.7 Å². The van der Waals surface area contributed by atoms with E-state index >= 15 is 0 Å². The minimum atomic E-state index is -0.0917. The van der Waals surface area contributed by atoms with Crippen molar-refractivity contribution in [3.05, 3.63) is 54.4 Å². The van der Waals surface area contributed by atoms with Gasteiger partial charge in [0.25, 0.3) is 0 Å². The van der Waals surface area contributed by atoms with Crippen LogP contribution >= 0.6 is 45.2 Å². The SMILES string of the molecule is CCCCc1oc2ccc(O)cc2c1C(=O)c1cc(I)c(OCCN(CC)CC)c(I)c1. The summed E-state index contributed by atoms with van der Waals surface area (Å²) in [5.41, 5.74) is 1.77. The number of halogens is 2.